The fourth-order valence-corrected chi connectivity index (χ4v) is 2.35. The maximum absolute atomic E-state index is 12.9. The molecule has 0 saturated heterocycles. The topological polar surface area (TPSA) is 54.4 Å². The van der Waals surface area contributed by atoms with Crippen molar-refractivity contribution in [1.82, 2.24) is 0 Å². The molecule has 1 heterocycles. The van der Waals surface area contributed by atoms with Gasteiger partial charge in [0, 0.05) is 16.0 Å². The fourth-order valence-electron chi connectivity index (χ4n) is 1.45. The summed E-state index contributed by atoms with van der Waals surface area (Å²) in [5, 5.41) is 8.80. The number of carboxylic acid groups (broad SMARTS) is 1. The Labute approximate surface area is 100 Å². The van der Waals surface area contributed by atoms with Crippen molar-refractivity contribution in [3.8, 4) is 10.4 Å². The van der Waals surface area contributed by atoms with Gasteiger partial charge in [-0.2, -0.15) is 0 Å². The highest BCUT2D eigenvalue weighted by molar-refractivity contribution is 7.17. The van der Waals surface area contributed by atoms with Gasteiger partial charge in [0.25, 0.3) is 0 Å². The lowest BCUT2D eigenvalue weighted by Gasteiger charge is -2.01. The molecule has 1 N–H and O–H groups in total. The van der Waals surface area contributed by atoms with Crippen LogP contribution in [0.5, 0.6) is 0 Å². The van der Waals surface area contributed by atoms with Crippen molar-refractivity contribution < 1.29 is 19.1 Å². The van der Waals surface area contributed by atoms with Crippen molar-refractivity contribution in [3.63, 3.8) is 0 Å². The zero-order valence-electron chi connectivity index (χ0n) is 8.51. The van der Waals surface area contributed by atoms with E-state index in [9.17, 15) is 14.0 Å². The van der Waals surface area contributed by atoms with Crippen LogP contribution in [-0.4, -0.2) is 17.4 Å². The molecule has 3 nitrogen and oxygen atoms in total. The highest BCUT2D eigenvalue weighted by Crippen LogP contribution is 2.30. The highest BCUT2D eigenvalue weighted by atomic mass is 32.1. The molecule has 0 radical (unpaired) electrons. The van der Waals surface area contributed by atoms with E-state index in [0.717, 1.165) is 17.4 Å². The maximum atomic E-state index is 12.9. The third-order valence-electron chi connectivity index (χ3n) is 2.22. The average Bonchev–Trinajstić information content (AvgIpc) is 2.78. The molecular formula is C12H7FO3S. The van der Waals surface area contributed by atoms with E-state index in [2.05, 4.69) is 0 Å². The Balaban J connectivity index is 2.52. The first-order valence-electron chi connectivity index (χ1n) is 4.70. The minimum absolute atomic E-state index is 0.182. The Kier molecular flexibility index (Phi) is 3.01. The number of carboxylic acids is 1. The first kappa shape index (κ1) is 11.5. The molecule has 2 rings (SSSR count). The lowest BCUT2D eigenvalue weighted by Crippen LogP contribution is -1.89. The third kappa shape index (κ3) is 2.24. The van der Waals surface area contributed by atoms with E-state index < -0.39 is 11.8 Å². The van der Waals surface area contributed by atoms with Gasteiger partial charge >= 0.3 is 5.97 Å². The Hall–Kier alpha value is -2.01. The number of carbonyl (C=O) groups is 2. The summed E-state index contributed by atoms with van der Waals surface area (Å²) >= 11 is 1.05. The van der Waals surface area contributed by atoms with Gasteiger partial charge in [-0.1, -0.05) is 0 Å². The number of thiophene rings is 1. The van der Waals surface area contributed by atoms with Crippen molar-refractivity contribution in [1.29, 1.82) is 0 Å². The third-order valence-corrected chi connectivity index (χ3v) is 3.33. The molecule has 5 heteroatoms. The van der Waals surface area contributed by atoms with Gasteiger partial charge in [0.2, 0.25) is 0 Å². The molecule has 0 aliphatic rings. The lowest BCUT2D eigenvalue weighted by atomic mass is 10.1. The van der Waals surface area contributed by atoms with Crippen LogP contribution >= 0.6 is 11.3 Å². The Morgan fingerprint density at radius 1 is 1.29 bits per heavy atom. The molecule has 86 valence electrons. The summed E-state index contributed by atoms with van der Waals surface area (Å²) in [6.07, 6.45) is 0.554. The van der Waals surface area contributed by atoms with E-state index in [4.69, 9.17) is 5.11 Å². The van der Waals surface area contributed by atoms with Gasteiger partial charge in [-0.05, 0) is 30.3 Å². The number of hydrogen-bond donors (Lipinski definition) is 1. The number of halogens is 1. The Morgan fingerprint density at radius 2 is 2.06 bits per heavy atom. The molecule has 0 bridgehead atoms. The summed E-state index contributed by atoms with van der Waals surface area (Å²) < 4.78 is 12.9. The minimum Gasteiger partial charge on any atom is -0.477 e. The van der Waals surface area contributed by atoms with Gasteiger partial charge in [-0.3, -0.25) is 4.79 Å². The molecule has 0 amide bonds. The normalized spacial score (nSPS) is 10.2. The first-order valence-corrected chi connectivity index (χ1v) is 5.51. The summed E-state index contributed by atoms with van der Waals surface area (Å²) in [5.74, 6) is -1.51. The molecule has 0 unspecified atom stereocenters. The summed E-state index contributed by atoms with van der Waals surface area (Å²) in [4.78, 5) is 22.4. The van der Waals surface area contributed by atoms with Gasteiger partial charge < -0.3 is 5.11 Å². The number of carbonyl (C=O) groups excluding carboxylic acids is 1. The summed E-state index contributed by atoms with van der Waals surface area (Å²) in [7, 11) is 0. The quantitative estimate of drug-likeness (QED) is 0.852. The molecule has 0 spiro atoms. The largest absolute Gasteiger partial charge is 0.477 e. The molecule has 0 aliphatic heterocycles. The van der Waals surface area contributed by atoms with Crippen molar-refractivity contribution in [2.24, 2.45) is 0 Å². The molecule has 17 heavy (non-hydrogen) atoms. The summed E-state index contributed by atoms with van der Waals surface area (Å²) in [5.41, 5.74) is 0.752. The zero-order chi connectivity index (χ0) is 12.4. The van der Waals surface area contributed by atoms with E-state index in [1.165, 1.54) is 18.2 Å². The summed E-state index contributed by atoms with van der Waals surface area (Å²) in [6.45, 7) is 0. The van der Waals surface area contributed by atoms with Crippen LogP contribution in [-0.2, 0) is 0 Å². The van der Waals surface area contributed by atoms with E-state index >= 15 is 0 Å². The monoisotopic (exact) mass is 250 g/mol. The van der Waals surface area contributed by atoms with Crippen LogP contribution in [0, 0.1) is 5.82 Å². The van der Waals surface area contributed by atoms with Crippen molar-refractivity contribution >= 4 is 23.6 Å². The Morgan fingerprint density at radius 3 is 2.65 bits per heavy atom. The highest BCUT2D eigenvalue weighted by Gasteiger charge is 2.11. The molecule has 1 aromatic carbocycles. The average molecular weight is 250 g/mol. The van der Waals surface area contributed by atoms with Crippen LogP contribution in [0.1, 0.15) is 20.0 Å². The molecular weight excluding hydrogens is 243 g/mol. The first-order chi connectivity index (χ1) is 8.11. The predicted molar refractivity (Wildman–Crippen MR) is 62.1 cm³/mol. The lowest BCUT2D eigenvalue weighted by molar-refractivity contribution is 0.0702. The van der Waals surface area contributed by atoms with Gasteiger partial charge in [-0.15, -0.1) is 11.3 Å². The second kappa shape index (κ2) is 4.47. The number of benzene rings is 1. The Bertz CT molecular complexity index is 589. The van der Waals surface area contributed by atoms with E-state index in [-0.39, 0.29) is 10.4 Å². The fraction of sp³-hybridized carbons (Fsp3) is 0. The zero-order valence-corrected chi connectivity index (χ0v) is 9.33. The second-order valence-electron chi connectivity index (χ2n) is 3.32. The number of rotatable bonds is 3. The maximum Gasteiger partial charge on any atom is 0.345 e. The SMILES string of the molecule is O=Cc1cc(F)ccc1-c1ccc(C(=O)O)s1. The molecule has 2 aromatic rings. The molecule has 0 atom stereocenters. The van der Waals surface area contributed by atoms with E-state index in [1.54, 1.807) is 6.07 Å². The van der Waals surface area contributed by atoms with Crippen molar-refractivity contribution in [2.45, 2.75) is 0 Å². The molecule has 1 aromatic heterocycles. The number of aldehydes is 1. The number of hydrogen-bond acceptors (Lipinski definition) is 3. The molecule has 0 aliphatic carbocycles. The van der Waals surface area contributed by atoms with Crippen molar-refractivity contribution in [2.75, 3.05) is 0 Å². The van der Waals surface area contributed by atoms with E-state index in [0.29, 0.717) is 16.7 Å². The number of aromatic carboxylic acids is 1. The predicted octanol–water partition coefficient (Wildman–Crippen LogP) is 3.06. The van der Waals surface area contributed by atoms with Crippen LogP contribution in [0.3, 0.4) is 0 Å². The minimum atomic E-state index is -1.02. The second-order valence-corrected chi connectivity index (χ2v) is 4.40. The van der Waals surface area contributed by atoms with Crippen molar-refractivity contribution in [3.05, 3.63) is 46.6 Å². The van der Waals surface area contributed by atoms with E-state index in [1.807, 2.05) is 0 Å². The van der Waals surface area contributed by atoms with Gasteiger partial charge in [0.15, 0.2) is 6.29 Å². The van der Waals surface area contributed by atoms with Gasteiger partial charge in [-0.25, -0.2) is 9.18 Å². The van der Waals surface area contributed by atoms with Crippen LogP contribution in [0.15, 0.2) is 30.3 Å². The molecule has 0 fully saturated rings. The smallest absolute Gasteiger partial charge is 0.345 e. The van der Waals surface area contributed by atoms with Crippen LogP contribution in [0.25, 0.3) is 10.4 Å². The van der Waals surface area contributed by atoms with Crippen LogP contribution in [0.4, 0.5) is 4.39 Å². The van der Waals surface area contributed by atoms with Gasteiger partial charge in [0.1, 0.15) is 10.7 Å². The van der Waals surface area contributed by atoms with Crippen LogP contribution in [0.2, 0.25) is 0 Å². The molecule has 0 saturated carbocycles. The van der Waals surface area contributed by atoms with Gasteiger partial charge in [0.05, 0.1) is 0 Å². The van der Waals surface area contributed by atoms with Crippen LogP contribution < -0.4 is 0 Å². The standard InChI is InChI=1S/C12H7FO3S/c13-8-1-2-9(7(5-8)6-14)10-3-4-11(17-10)12(15)16/h1-6H,(H,15,16). The summed E-state index contributed by atoms with van der Waals surface area (Å²) in [6, 6.07) is 6.90.